The van der Waals surface area contributed by atoms with Crippen LogP contribution in [0.1, 0.15) is 47.5 Å². The summed E-state index contributed by atoms with van der Waals surface area (Å²) in [5.41, 5.74) is 10.6. The number of aromatic nitrogens is 2. The van der Waals surface area contributed by atoms with E-state index in [-0.39, 0.29) is 0 Å². The molecule has 26 heavy (non-hydrogen) atoms. The molecule has 0 bridgehead atoms. The van der Waals surface area contributed by atoms with Crippen LogP contribution in [0.25, 0.3) is 35.0 Å². The third kappa shape index (κ3) is 1.87. The Morgan fingerprint density at radius 2 is 1.04 bits per heavy atom. The Bertz CT molecular complexity index is 1210. The van der Waals surface area contributed by atoms with Gasteiger partial charge in [-0.05, 0) is 74.9 Å². The molecule has 0 saturated heterocycles. The Labute approximate surface area is 155 Å². The van der Waals surface area contributed by atoms with Crippen LogP contribution in [0.15, 0.2) is 12.1 Å². The minimum Gasteiger partial charge on any atom is -0.314 e. The second-order valence-electron chi connectivity index (χ2n) is 7.59. The molecule has 0 N–H and O–H groups in total. The van der Waals surface area contributed by atoms with Gasteiger partial charge >= 0.3 is 0 Å². The number of rotatable bonds is 2. The highest BCUT2D eigenvalue weighted by molar-refractivity contribution is 5.97. The smallest absolute Gasteiger partial charge is 0.0526 e. The molecule has 0 fully saturated rings. The van der Waals surface area contributed by atoms with Gasteiger partial charge in [0.05, 0.1) is 11.0 Å². The Morgan fingerprint density at radius 3 is 1.35 bits per heavy atom. The molecule has 0 saturated carbocycles. The standard InChI is InChI=1S/C24H28N2/c1-9-19-11-13(3)25-17(7)22-16(6)24-20(10-2)12-14(4)26(24)18(8)21(22)15(5)23(19)25/h11-12H,7-10H2,1-6H3. The molecule has 134 valence electrons. The minimum atomic E-state index is 1.03. The summed E-state index contributed by atoms with van der Waals surface area (Å²) < 4.78 is 4.70. The van der Waals surface area contributed by atoms with Gasteiger partial charge in [-0.1, -0.05) is 27.0 Å². The molecule has 2 nitrogen and oxygen atoms in total. The molecule has 0 amide bonds. The van der Waals surface area contributed by atoms with Crippen LogP contribution in [-0.4, -0.2) is 8.80 Å². The highest BCUT2D eigenvalue weighted by Gasteiger charge is 2.18. The summed E-state index contributed by atoms with van der Waals surface area (Å²) in [5, 5.41) is 4.70. The molecule has 0 aliphatic heterocycles. The predicted octanol–water partition coefficient (Wildman–Crippen LogP) is 4.52. The Morgan fingerprint density at radius 1 is 0.692 bits per heavy atom. The van der Waals surface area contributed by atoms with Gasteiger partial charge in [-0.2, -0.15) is 0 Å². The minimum absolute atomic E-state index is 1.03. The SMILES string of the molecule is C=c1c2c(C)c3c(CC)cc(C)n3c(=C)c2c(C)c2c(CC)cc(C)n12. The van der Waals surface area contributed by atoms with Crippen LogP contribution < -0.4 is 10.7 Å². The van der Waals surface area contributed by atoms with Crippen molar-refractivity contribution in [2.45, 2.75) is 54.4 Å². The van der Waals surface area contributed by atoms with E-state index in [1.54, 1.807) is 0 Å². The fourth-order valence-corrected chi connectivity index (χ4v) is 5.02. The summed E-state index contributed by atoms with van der Waals surface area (Å²) in [5.74, 6) is 0. The highest BCUT2D eigenvalue weighted by atomic mass is 14.9. The molecule has 2 heteroatoms. The molecular weight excluding hydrogens is 316 g/mol. The second kappa shape index (κ2) is 5.51. The molecule has 4 aromatic rings. The Hall–Kier alpha value is -2.48. The Balaban J connectivity index is 2.45. The van der Waals surface area contributed by atoms with Crippen molar-refractivity contribution >= 4 is 35.0 Å². The van der Waals surface area contributed by atoms with Gasteiger partial charge in [-0.25, -0.2) is 0 Å². The van der Waals surface area contributed by atoms with Gasteiger partial charge in [0, 0.05) is 32.9 Å². The van der Waals surface area contributed by atoms with Crippen LogP contribution in [0.5, 0.6) is 0 Å². The van der Waals surface area contributed by atoms with Crippen LogP contribution in [0.3, 0.4) is 0 Å². The zero-order valence-corrected chi connectivity index (χ0v) is 16.9. The molecule has 0 radical (unpaired) electrons. The van der Waals surface area contributed by atoms with Crippen LogP contribution in [-0.2, 0) is 12.8 Å². The van der Waals surface area contributed by atoms with Crippen molar-refractivity contribution in [3.05, 3.63) is 56.5 Å². The van der Waals surface area contributed by atoms with E-state index in [0.29, 0.717) is 0 Å². The summed E-state index contributed by atoms with van der Waals surface area (Å²) >= 11 is 0. The van der Waals surface area contributed by atoms with E-state index in [4.69, 9.17) is 0 Å². The van der Waals surface area contributed by atoms with Gasteiger partial charge in [-0.3, -0.25) is 0 Å². The maximum atomic E-state index is 4.52. The van der Waals surface area contributed by atoms with E-state index in [2.05, 4.69) is 75.6 Å². The average molecular weight is 345 g/mol. The van der Waals surface area contributed by atoms with E-state index < -0.39 is 0 Å². The van der Waals surface area contributed by atoms with Crippen molar-refractivity contribution in [3.8, 4) is 0 Å². The van der Waals surface area contributed by atoms with Gasteiger partial charge in [-0.15, -0.1) is 0 Å². The summed E-state index contributed by atoms with van der Waals surface area (Å²) in [4.78, 5) is 0. The molecule has 4 rings (SSSR count). The van der Waals surface area contributed by atoms with E-state index in [1.807, 2.05) is 0 Å². The Kier molecular flexibility index (Phi) is 3.59. The first-order chi connectivity index (χ1) is 12.3. The average Bonchev–Trinajstić information content (AvgIpc) is 3.13. The maximum Gasteiger partial charge on any atom is 0.0526 e. The van der Waals surface area contributed by atoms with Gasteiger partial charge in [0.2, 0.25) is 0 Å². The lowest BCUT2D eigenvalue weighted by Crippen LogP contribution is -2.24. The number of hydrogen-bond acceptors (Lipinski definition) is 0. The largest absolute Gasteiger partial charge is 0.314 e. The fourth-order valence-electron chi connectivity index (χ4n) is 5.02. The first-order valence-corrected chi connectivity index (χ1v) is 9.57. The number of nitrogens with zero attached hydrogens (tertiary/aromatic N) is 2. The van der Waals surface area contributed by atoms with Crippen LogP contribution in [0.2, 0.25) is 0 Å². The molecular formula is C24H28N2. The van der Waals surface area contributed by atoms with Crippen LogP contribution in [0, 0.1) is 27.7 Å². The van der Waals surface area contributed by atoms with Crippen molar-refractivity contribution in [2.24, 2.45) is 0 Å². The fraction of sp³-hybridized carbons (Fsp3) is 0.333. The molecule has 4 heterocycles. The summed E-state index contributed by atoms with van der Waals surface area (Å²) in [6.45, 7) is 22.4. The van der Waals surface area contributed by atoms with Crippen molar-refractivity contribution < 1.29 is 0 Å². The lowest BCUT2D eigenvalue weighted by Gasteiger charge is -2.16. The summed E-state index contributed by atoms with van der Waals surface area (Å²) in [7, 11) is 0. The third-order valence-corrected chi connectivity index (χ3v) is 6.12. The maximum absolute atomic E-state index is 4.52. The van der Waals surface area contributed by atoms with Gasteiger partial charge in [0.25, 0.3) is 0 Å². The molecule has 4 aromatic heterocycles. The number of fused-ring (bicyclic) bond motifs is 3. The van der Waals surface area contributed by atoms with E-state index in [1.165, 1.54) is 55.4 Å². The topological polar surface area (TPSA) is 8.82 Å². The lowest BCUT2D eigenvalue weighted by atomic mass is 9.99. The van der Waals surface area contributed by atoms with Crippen molar-refractivity contribution in [1.29, 1.82) is 0 Å². The van der Waals surface area contributed by atoms with E-state index in [9.17, 15) is 0 Å². The molecule has 0 aliphatic carbocycles. The zero-order chi connectivity index (χ0) is 18.9. The number of hydrogen-bond donors (Lipinski definition) is 0. The third-order valence-electron chi connectivity index (χ3n) is 6.12. The second-order valence-corrected chi connectivity index (χ2v) is 7.59. The monoisotopic (exact) mass is 344 g/mol. The van der Waals surface area contributed by atoms with Crippen LogP contribution >= 0.6 is 0 Å². The molecule has 0 aliphatic rings. The van der Waals surface area contributed by atoms with Crippen LogP contribution in [0.4, 0.5) is 0 Å². The zero-order valence-electron chi connectivity index (χ0n) is 16.9. The van der Waals surface area contributed by atoms with Gasteiger partial charge in [0.1, 0.15) is 0 Å². The first kappa shape index (κ1) is 17.0. The first-order valence-electron chi connectivity index (χ1n) is 9.57. The highest BCUT2D eigenvalue weighted by Crippen LogP contribution is 2.29. The predicted molar refractivity (Wildman–Crippen MR) is 114 cm³/mol. The number of aryl methyl sites for hydroxylation is 6. The van der Waals surface area contributed by atoms with E-state index in [0.717, 1.165) is 23.5 Å². The molecule has 0 atom stereocenters. The molecule has 0 unspecified atom stereocenters. The lowest BCUT2D eigenvalue weighted by molar-refractivity contribution is 1.04. The summed E-state index contributed by atoms with van der Waals surface area (Å²) in [6.07, 6.45) is 2.05. The normalized spacial score (nSPS) is 12.1. The quantitative estimate of drug-likeness (QED) is 0.505. The van der Waals surface area contributed by atoms with Gasteiger partial charge in [0.15, 0.2) is 0 Å². The van der Waals surface area contributed by atoms with Crippen molar-refractivity contribution in [2.75, 3.05) is 0 Å². The van der Waals surface area contributed by atoms with Crippen molar-refractivity contribution in [1.82, 2.24) is 8.80 Å². The number of pyridine rings is 2. The van der Waals surface area contributed by atoms with E-state index >= 15 is 0 Å². The van der Waals surface area contributed by atoms with Gasteiger partial charge < -0.3 is 8.80 Å². The molecule has 0 aromatic carbocycles. The molecule has 0 spiro atoms. The van der Waals surface area contributed by atoms with Crippen molar-refractivity contribution in [3.63, 3.8) is 0 Å². The summed E-state index contributed by atoms with van der Waals surface area (Å²) in [6, 6.07) is 4.62.